The van der Waals surface area contributed by atoms with Crippen LogP contribution in [-0.2, 0) is 6.42 Å². The maximum atomic E-state index is 14.2. The molecule has 1 atom stereocenters. The zero-order valence-corrected chi connectivity index (χ0v) is 14.7. The summed E-state index contributed by atoms with van der Waals surface area (Å²) in [5, 5.41) is 13.1. The van der Waals surface area contributed by atoms with Crippen molar-refractivity contribution in [3.05, 3.63) is 42.1 Å². The highest BCUT2D eigenvalue weighted by Gasteiger charge is 2.34. The van der Waals surface area contributed by atoms with Crippen molar-refractivity contribution in [3.8, 4) is 0 Å². The minimum atomic E-state index is -0.377. The predicted molar refractivity (Wildman–Crippen MR) is 97.5 cm³/mol. The van der Waals surface area contributed by atoms with Crippen molar-refractivity contribution in [1.82, 2.24) is 15.0 Å². The van der Waals surface area contributed by atoms with Gasteiger partial charge in [0.15, 0.2) is 11.6 Å². The largest absolute Gasteiger partial charge is 0.393 e. The van der Waals surface area contributed by atoms with Crippen LogP contribution in [0.3, 0.4) is 0 Å². The average Bonchev–Trinajstić information content (AvgIpc) is 3.15. The molecule has 2 aromatic heterocycles. The first-order valence-corrected chi connectivity index (χ1v) is 9.31. The van der Waals surface area contributed by atoms with E-state index in [1.54, 1.807) is 6.20 Å². The molecule has 1 saturated heterocycles. The number of nitrogens with zero attached hydrogens (tertiary/aromatic N) is 4. The van der Waals surface area contributed by atoms with E-state index in [1.165, 1.54) is 6.20 Å². The van der Waals surface area contributed by atoms with E-state index in [1.807, 2.05) is 23.1 Å². The lowest BCUT2D eigenvalue weighted by molar-refractivity contribution is 0.0340. The van der Waals surface area contributed by atoms with Gasteiger partial charge in [-0.2, -0.15) is 4.98 Å². The van der Waals surface area contributed by atoms with Crippen LogP contribution in [0.15, 0.2) is 30.6 Å². The van der Waals surface area contributed by atoms with Crippen molar-refractivity contribution >= 4 is 11.8 Å². The third kappa shape index (κ3) is 3.77. The van der Waals surface area contributed by atoms with Gasteiger partial charge in [-0.05, 0) is 43.7 Å². The number of aliphatic hydroxyl groups is 1. The topological polar surface area (TPSA) is 74.2 Å². The molecule has 0 spiro atoms. The van der Waals surface area contributed by atoms with Crippen LogP contribution in [-0.4, -0.2) is 45.3 Å². The van der Waals surface area contributed by atoms with Gasteiger partial charge < -0.3 is 15.3 Å². The first kappa shape index (κ1) is 17.1. The molecule has 2 aromatic rings. The van der Waals surface area contributed by atoms with E-state index in [-0.39, 0.29) is 18.0 Å². The molecule has 26 heavy (non-hydrogen) atoms. The maximum Gasteiger partial charge on any atom is 0.225 e. The normalized spacial score (nSPS) is 23.5. The van der Waals surface area contributed by atoms with Crippen LogP contribution >= 0.6 is 0 Å². The number of nitrogens with one attached hydrogen (secondary N) is 1. The van der Waals surface area contributed by atoms with Gasteiger partial charge in [-0.3, -0.25) is 4.98 Å². The highest BCUT2D eigenvalue weighted by Crippen LogP contribution is 2.33. The summed E-state index contributed by atoms with van der Waals surface area (Å²) in [6.45, 7) is 1.67. The lowest BCUT2D eigenvalue weighted by atomic mass is 9.76. The molecule has 1 aliphatic heterocycles. The number of hydrogen-bond donors (Lipinski definition) is 2. The van der Waals surface area contributed by atoms with Crippen molar-refractivity contribution in [2.45, 2.75) is 44.2 Å². The van der Waals surface area contributed by atoms with Crippen molar-refractivity contribution < 1.29 is 9.50 Å². The van der Waals surface area contributed by atoms with Gasteiger partial charge in [0, 0.05) is 37.4 Å². The van der Waals surface area contributed by atoms with E-state index < -0.39 is 0 Å². The molecule has 1 aliphatic carbocycles. The molecule has 7 heteroatoms. The maximum absolute atomic E-state index is 14.2. The first-order chi connectivity index (χ1) is 12.7. The van der Waals surface area contributed by atoms with Crippen LogP contribution in [0.5, 0.6) is 0 Å². The van der Waals surface area contributed by atoms with Gasteiger partial charge in [0.25, 0.3) is 0 Å². The van der Waals surface area contributed by atoms with E-state index >= 15 is 0 Å². The quantitative estimate of drug-likeness (QED) is 0.827. The van der Waals surface area contributed by atoms with E-state index in [2.05, 4.69) is 20.3 Å². The van der Waals surface area contributed by atoms with Crippen molar-refractivity contribution in [2.24, 2.45) is 5.92 Å². The second kappa shape index (κ2) is 7.53. The summed E-state index contributed by atoms with van der Waals surface area (Å²) in [6.07, 6.45) is 7.15. The van der Waals surface area contributed by atoms with Crippen molar-refractivity contribution in [3.63, 3.8) is 0 Å². The molecule has 2 aliphatic rings. The zero-order valence-electron chi connectivity index (χ0n) is 14.7. The summed E-state index contributed by atoms with van der Waals surface area (Å²) in [5.74, 6) is 0.773. The van der Waals surface area contributed by atoms with Gasteiger partial charge in [0.2, 0.25) is 5.95 Å². The smallest absolute Gasteiger partial charge is 0.225 e. The van der Waals surface area contributed by atoms with E-state index in [0.717, 1.165) is 50.9 Å². The summed E-state index contributed by atoms with van der Waals surface area (Å²) in [7, 11) is 0. The SMILES string of the molecule is OC1CC([C@H](Cc2ccccn2)Nc2ncc(F)c(N3CCCC3)n2)C1. The van der Waals surface area contributed by atoms with Gasteiger partial charge in [0.1, 0.15) is 0 Å². The molecule has 0 unspecified atom stereocenters. The Morgan fingerprint density at radius 2 is 2.04 bits per heavy atom. The molecule has 2 fully saturated rings. The van der Waals surface area contributed by atoms with E-state index in [0.29, 0.717) is 17.7 Å². The van der Waals surface area contributed by atoms with Gasteiger partial charge in [0.05, 0.1) is 12.3 Å². The monoisotopic (exact) mass is 357 g/mol. The summed E-state index contributed by atoms with van der Waals surface area (Å²) >= 11 is 0. The van der Waals surface area contributed by atoms with Crippen LogP contribution < -0.4 is 10.2 Å². The fraction of sp³-hybridized carbons (Fsp3) is 0.526. The lowest BCUT2D eigenvalue weighted by Crippen LogP contribution is -2.42. The van der Waals surface area contributed by atoms with Crippen molar-refractivity contribution in [1.29, 1.82) is 0 Å². The summed E-state index contributed by atoms with van der Waals surface area (Å²) in [6, 6.07) is 5.91. The number of rotatable bonds is 6. The van der Waals surface area contributed by atoms with Crippen LogP contribution in [0, 0.1) is 11.7 Å². The van der Waals surface area contributed by atoms with Gasteiger partial charge in [-0.1, -0.05) is 6.07 Å². The molecular formula is C19H24FN5O. The second-order valence-electron chi connectivity index (χ2n) is 7.22. The summed E-state index contributed by atoms with van der Waals surface area (Å²) < 4.78 is 14.2. The van der Waals surface area contributed by atoms with Crippen LogP contribution in [0.4, 0.5) is 16.2 Å². The van der Waals surface area contributed by atoms with Gasteiger partial charge in [-0.15, -0.1) is 0 Å². The molecule has 0 radical (unpaired) electrons. The number of aromatic nitrogens is 3. The van der Waals surface area contributed by atoms with E-state index in [4.69, 9.17) is 0 Å². The summed E-state index contributed by atoms with van der Waals surface area (Å²) in [5.41, 5.74) is 0.980. The molecular weight excluding hydrogens is 333 g/mol. The Hall–Kier alpha value is -2.28. The Morgan fingerprint density at radius 3 is 2.73 bits per heavy atom. The predicted octanol–water partition coefficient (Wildman–Crippen LogP) is 2.41. The van der Waals surface area contributed by atoms with Crippen LogP contribution in [0.1, 0.15) is 31.4 Å². The number of anilines is 2. The van der Waals surface area contributed by atoms with E-state index in [9.17, 15) is 9.50 Å². The number of hydrogen-bond acceptors (Lipinski definition) is 6. The molecule has 4 rings (SSSR count). The Morgan fingerprint density at radius 1 is 1.23 bits per heavy atom. The molecule has 138 valence electrons. The fourth-order valence-electron chi connectivity index (χ4n) is 3.78. The highest BCUT2D eigenvalue weighted by atomic mass is 19.1. The standard InChI is InChI=1S/C19H24FN5O/c20-16-12-22-19(24-18(16)25-7-3-4-8-25)23-17(13-9-15(26)10-13)11-14-5-1-2-6-21-14/h1-2,5-6,12-13,15,17,26H,3-4,7-11H2,(H,22,23,24)/t13?,15?,17-/m0/s1. The van der Waals surface area contributed by atoms with Crippen LogP contribution in [0.25, 0.3) is 0 Å². The lowest BCUT2D eigenvalue weighted by Gasteiger charge is -2.38. The first-order valence-electron chi connectivity index (χ1n) is 9.31. The van der Waals surface area contributed by atoms with Gasteiger partial charge >= 0.3 is 0 Å². The number of pyridine rings is 1. The number of aliphatic hydroxyl groups excluding tert-OH is 1. The van der Waals surface area contributed by atoms with Gasteiger partial charge in [-0.25, -0.2) is 9.37 Å². The Kier molecular flexibility index (Phi) is 4.97. The van der Waals surface area contributed by atoms with Crippen molar-refractivity contribution in [2.75, 3.05) is 23.3 Å². The molecule has 3 heterocycles. The second-order valence-corrected chi connectivity index (χ2v) is 7.22. The Labute approximate surface area is 152 Å². The third-order valence-corrected chi connectivity index (χ3v) is 5.32. The highest BCUT2D eigenvalue weighted by molar-refractivity contribution is 5.45. The van der Waals surface area contributed by atoms with Crippen LogP contribution in [0.2, 0.25) is 0 Å². The molecule has 6 nitrogen and oxygen atoms in total. The Bertz CT molecular complexity index is 732. The molecule has 1 saturated carbocycles. The third-order valence-electron chi connectivity index (χ3n) is 5.32. The molecule has 2 N–H and O–H groups in total. The molecule has 0 bridgehead atoms. The zero-order chi connectivity index (χ0) is 17.9. The minimum Gasteiger partial charge on any atom is -0.393 e. The molecule has 0 amide bonds. The molecule has 0 aromatic carbocycles. The average molecular weight is 357 g/mol. The summed E-state index contributed by atoms with van der Waals surface area (Å²) in [4.78, 5) is 15.0. The fourth-order valence-corrected chi connectivity index (χ4v) is 3.78. The Balaban J connectivity index is 1.52. The number of halogens is 1. The minimum absolute atomic E-state index is 0.0604.